The molecule has 0 fully saturated rings. The van der Waals surface area contributed by atoms with Crippen molar-refractivity contribution in [1.29, 1.82) is 0 Å². The number of primary amides is 1. The number of carbonyl (C=O) groups excluding carboxylic acids is 2. The molecule has 5 N–H and O–H groups in total. The molecule has 0 saturated carbocycles. The third-order valence-electron chi connectivity index (χ3n) is 2.04. The number of aliphatic carboxylic acids is 1. The average molecular weight is 255 g/mol. The van der Waals surface area contributed by atoms with Crippen LogP contribution in [-0.4, -0.2) is 29.1 Å². The maximum atomic E-state index is 11.4. The van der Waals surface area contributed by atoms with Gasteiger partial charge in [0.15, 0.2) is 0 Å². The Morgan fingerprint density at radius 2 is 2.17 bits per heavy atom. The van der Waals surface area contributed by atoms with Gasteiger partial charge in [-0.25, -0.2) is 9.59 Å². The van der Waals surface area contributed by atoms with E-state index in [-0.39, 0.29) is 6.54 Å². The van der Waals surface area contributed by atoms with Crippen LogP contribution in [0.4, 0.5) is 4.79 Å². The number of carboxylic acid groups (broad SMARTS) is 1. The van der Waals surface area contributed by atoms with Crippen molar-refractivity contribution >= 4 is 17.9 Å². The van der Waals surface area contributed by atoms with Crippen LogP contribution in [0.5, 0.6) is 0 Å². The Kier molecular flexibility index (Phi) is 4.73. The van der Waals surface area contributed by atoms with Crippen LogP contribution in [-0.2, 0) is 16.1 Å². The molecule has 0 bridgehead atoms. The van der Waals surface area contributed by atoms with E-state index in [0.29, 0.717) is 0 Å². The van der Waals surface area contributed by atoms with E-state index in [1.807, 2.05) is 0 Å². The van der Waals surface area contributed by atoms with Gasteiger partial charge < -0.3 is 25.9 Å². The summed E-state index contributed by atoms with van der Waals surface area (Å²) in [5.41, 5.74) is 5.60. The van der Waals surface area contributed by atoms with Gasteiger partial charge in [-0.2, -0.15) is 0 Å². The molecule has 8 heteroatoms. The zero-order valence-corrected chi connectivity index (χ0v) is 9.38. The number of amides is 3. The van der Waals surface area contributed by atoms with Gasteiger partial charge in [0, 0.05) is 12.1 Å². The second-order valence-electron chi connectivity index (χ2n) is 3.52. The average Bonchev–Trinajstić information content (AvgIpc) is 2.77. The lowest BCUT2D eigenvalue weighted by molar-refractivity contribution is -0.140. The first-order chi connectivity index (χ1) is 8.49. The van der Waals surface area contributed by atoms with E-state index in [0.717, 1.165) is 5.56 Å². The van der Waals surface area contributed by atoms with Crippen LogP contribution in [0.1, 0.15) is 12.0 Å². The summed E-state index contributed by atoms with van der Waals surface area (Å²) >= 11 is 0. The van der Waals surface area contributed by atoms with Gasteiger partial charge in [-0.05, 0) is 6.07 Å². The predicted octanol–water partition coefficient (Wildman–Crippen LogP) is -0.593. The highest BCUT2D eigenvalue weighted by molar-refractivity contribution is 5.87. The van der Waals surface area contributed by atoms with Gasteiger partial charge >= 0.3 is 12.0 Å². The summed E-state index contributed by atoms with van der Waals surface area (Å²) < 4.78 is 4.79. The third-order valence-corrected chi connectivity index (χ3v) is 2.04. The van der Waals surface area contributed by atoms with Crippen molar-refractivity contribution in [2.45, 2.75) is 19.0 Å². The number of carboxylic acids is 1. The minimum absolute atomic E-state index is 0.186. The molecule has 1 rings (SSSR count). The Morgan fingerprint density at radius 3 is 2.67 bits per heavy atom. The van der Waals surface area contributed by atoms with E-state index in [2.05, 4.69) is 10.6 Å². The van der Waals surface area contributed by atoms with E-state index in [9.17, 15) is 14.4 Å². The monoisotopic (exact) mass is 255 g/mol. The van der Waals surface area contributed by atoms with Crippen LogP contribution in [0.15, 0.2) is 23.0 Å². The van der Waals surface area contributed by atoms with E-state index in [1.54, 1.807) is 6.07 Å². The van der Waals surface area contributed by atoms with Crippen molar-refractivity contribution in [1.82, 2.24) is 10.6 Å². The number of nitrogens with one attached hydrogen (secondary N) is 2. The molecular weight excluding hydrogens is 242 g/mol. The number of furan rings is 1. The summed E-state index contributed by atoms with van der Waals surface area (Å²) in [4.78, 5) is 32.7. The third kappa shape index (κ3) is 4.56. The van der Waals surface area contributed by atoms with Crippen LogP contribution in [0.2, 0.25) is 0 Å². The molecule has 98 valence electrons. The summed E-state index contributed by atoms with van der Waals surface area (Å²) in [6.07, 6.45) is 2.43. The second-order valence-corrected chi connectivity index (χ2v) is 3.52. The fourth-order valence-corrected chi connectivity index (χ4v) is 1.19. The lowest BCUT2D eigenvalue weighted by atomic mass is 10.2. The van der Waals surface area contributed by atoms with Gasteiger partial charge in [0.25, 0.3) is 0 Å². The van der Waals surface area contributed by atoms with E-state index in [1.165, 1.54) is 12.5 Å². The first-order valence-electron chi connectivity index (χ1n) is 5.05. The van der Waals surface area contributed by atoms with Gasteiger partial charge in [-0.1, -0.05) is 0 Å². The highest BCUT2D eigenvalue weighted by Crippen LogP contribution is 1.98. The molecule has 18 heavy (non-hydrogen) atoms. The maximum Gasteiger partial charge on any atom is 0.326 e. The summed E-state index contributed by atoms with van der Waals surface area (Å²) in [5.74, 6) is -2.13. The van der Waals surface area contributed by atoms with Crippen LogP contribution in [0.3, 0.4) is 0 Å². The minimum Gasteiger partial charge on any atom is -0.480 e. The molecule has 0 aliphatic rings. The number of rotatable bonds is 6. The van der Waals surface area contributed by atoms with Crippen LogP contribution in [0.25, 0.3) is 0 Å². The van der Waals surface area contributed by atoms with Crippen molar-refractivity contribution in [2.24, 2.45) is 5.73 Å². The van der Waals surface area contributed by atoms with Gasteiger partial charge in [-0.15, -0.1) is 0 Å². The standard InChI is InChI=1S/C10H13N3O5/c11-8(14)3-7(9(15)16)13-10(17)12-4-6-1-2-18-5-6/h1-2,5,7H,3-4H2,(H2,11,14)(H,15,16)(H2,12,13,17)/t7-/m1/s1. The molecule has 8 nitrogen and oxygen atoms in total. The van der Waals surface area contributed by atoms with Gasteiger partial charge in [0.05, 0.1) is 18.9 Å². The predicted molar refractivity (Wildman–Crippen MR) is 59.3 cm³/mol. The first kappa shape index (κ1) is 13.6. The summed E-state index contributed by atoms with van der Waals surface area (Å²) in [6.45, 7) is 0.186. The quantitative estimate of drug-likeness (QED) is 0.538. The Labute approximate surface area is 102 Å². The minimum atomic E-state index is -1.34. The molecule has 0 aliphatic heterocycles. The lowest BCUT2D eigenvalue weighted by Crippen LogP contribution is -2.47. The molecule has 1 aromatic rings. The van der Waals surface area contributed by atoms with E-state index >= 15 is 0 Å². The van der Waals surface area contributed by atoms with Crippen molar-refractivity contribution < 1.29 is 23.9 Å². The Morgan fingerprint density at radius 1 is 1.44 bits per heavy atom. The normalized spacial score (nSPS) is 11.6. The zero-order chi connectivity index (χ0) is 13.5. The Balaban J connectivity index is 2.41. The van der Waals surface area contributed by atoms with Gasteiger partial charge in [-0.3, -0.25) is 4.79 Å². The van der Waals surface area contributed by atoms with Crippen LogP contribution < -0.4 is 16.4 Å². The lowest BCUT2D eigenvalue weighted by Gasteiger charge is -2.13. The van der Waals surface area contributed by atoms with Gasteiger partial charge in [0.1, 0.15) is 6.04 Å². The second kappa shape index (κ2) is 6.28. The van der Waals surface area contributed by atoms with Crippen molar-refractivity contribution in [2.75, 3.05) is 0 Å². The molecule has 3 amide bonds. The van der Waals surface area contributed by atoms with Crippen LogP contribution in [0, 0.1) is 0 Å². The van der Waals surface area contributed by atoms with E-state index in [4.69, 9.17) is 15.3 Å². The number of nitrogens with two attached hydrogens (primary N) is 1. The molecule has 1 aromatic heterocycles. The molecule has 1 heterocycles. The number of carbonyl (C=O) groups is 3. The molecule has 1 atom stereocenters. The van der Waals surface area contributed by atoms with Crippen molar-refractivity contribution in [3.8, 4) is 0 Å². The van der Waals surface area contributed by atoms with Crippen molar-refractivity contribution in [3.63, 3.8) is 0 Å². The van der Waals surface area contributed by atoms with Crippen LogP contribution >= 0.6 is 0 Å². The molecule has 0 radical (unpaired) electrons. The zero-order valence-electron chi connectivity index (χ0n) is 9.38. The summed E-state index contributed by atoms with van der Waals surface area (Å²) in [7, 11) is 0. The van der Waals surface area contributed by atoms with Gasteiger partial charge in [0.2, 0.25) is 5.91 Å². The SMILES string of the molecule is NC(=O)C[C@@H](NC(=O)NCc1ccoc1)C(=O)O. The summed E-state index contributed by atoms with van der Waals surface area (Å²) in [6, 6.07) is -0.394. The molecule has 0 spiro atoms. The molecular formula is C10H13N3O5. The Bertz CT molecular complexity index is 429. The summed E-state index contributed by atoms with van der Waals surface area (Å²) in [5, 5.41) is 13.3. The maximum absolute atomic E-state index is 11.4. The Hall–Kier alpha value is -2.51. The number of urea groups is 1. The fourth-order valence-electron chi connectivity index (χ4n) is 1.19. The smallest absolute Gasteiger partial charge is 0.326 e. The van der Waals surface area contributed by atoms with E-state index < -0.39 is 30.4 Å². The number of hydrogen-bond donors (Lipinski definition) is 4. The number of hydrogen-bond acceptors (Lipinski definition) is 4. The highest BCUT2D eigenvalue weighted by Gasteiger charge is 2.21. The molecule has 0 unspecified atom stereocenters. The first-order valence-corrected chi connectivity index (χ1v) is 5.05. The largest absolute Gasteiger partial charge is 0.480 e. The molecule has 0 aliphatic carbocycles. The molecule has 0 aromatic carbocycles. The fraction of sp³-hybridized carbons (Fsp3) is 0.300. The topological polar surface area (TPSA) is 135 Å². The van der Waals surface area contributed by atoms with Crippen molar-refractivity contribution in [3.05, 3.63) is 24.2 Å². The molecule has 0 saturated heterocycles. The highest BCUT2D eigenvalue weighted by atomic mass is 16.4.